The zero-order valence-corrected chi connectivity index (χ0v) is 11.2. The summed E-state index contributed by atoms with van der Waals surface area (Å²) < 4.78 is 67.4. The first-order chi connectivity index (χ1) is 10.2. The van der Waals surface area contributed by atoms with Crippen molar-refractivity contribution in [1.82, 2.24) is 19.6 Å². The molecule has 3 rings (SSSR count). The van der Waals surface area contributed by atoms with Gasteiger partial charge in [-0.05, 0) is 6.42 Å². The molecular weight excluding hydrogens is 309 g/mol. The Morgan fingerprint density at radius 3 is 2.64 bits per heavy atom. The van der Waals surface area contributed by atoms with E-state index >= 15 is 0 Å². The minimum atomic E-state index is -4.66. The Hall–Kier alpha value is -2.00. The molecule has 10 heteroatoms. The summed E-state index contributed by atoms with van der Waals surface area (Å²) >= 11 is 0. The van der Waals surface area contributed by atoms with Crippen LogP contribution in [0.15, 0.2) is 12.4 Å². The van der Waals surface area contributed by atoms with E-state index in [1.165, 1.54) is 16.8 Å². The number of nitrogen functional groups attached to an aromatic ring is 1. The van der Waals surface area contributed by atoms with Crippen molar-refractivity contribution in [2.45, 2.75) is 37.3 Å². The van der Waals surface area contributed by atoms with Crippen LogP contribution in [-0.4, -0.2) is 31.7 Å². The van der Waals surface area contributed by atoms with Crippen molar-refractivity contribution in [1.29, 1.82) is 0 Å². The standard InChI is InChI=1S/C12H12F5N5/c13-11(14)4-6(3-7(5-11)12(15,16)17)9-20-21-10-8(18)19-1-2-22(9)10/h1-2,6-7H,3-5H2,(H2,18,19). The summed E-state index contributed by atoms with van der Waals surface area (Å²) in [5.74, 6) is -6.41. The molecule has 0 aliphatic heterocycles. The average molecular weight is 321 g/mol. The van der Waals surface area contributed by atoms with Crippen LogP contribution in [0.4, 0.5) is 27.8 Å². The van der Waals surface area contributed by atoms with E-state index in [4.69, 9.17) is 5.73 Å². The van der Waals surface area contributed by atoms with Gasteiger partial charge in [0.15, 0.2) is 5.82 Å². The third-order valence-corrected chi connectivity index (χ3v) is 3.87. The predicted octanol–water partition coefficient (Wildman–Crippen LogP) is 2.79. The summed E-state index contributed by atoms with van der Waals surface area (Å²) in [6.45, 7) is 0. The van der Waals surface area contributed by atoms with Crippen LogP contribution in [0, 0.1) is 5.92 Å². The van der Waals surface area contributed by atoms with Crippen LogP contribution in [0.5, 0.6) is 0 Å². The van der Waals surface area contributed by atoms with Crippen molar-refractivity contribution < 1.29 is 22.0 Å². The second-order valence-corrected chi connectivity index (χ2v) is 5.50. The van der Waals surface area contributed by atoms with Gasteiger partial charge in [-0.25, -0.2) is 13.8 Å². The molecular formula is C12H12F5N5. The van der Waals surface area contributed by atoms with E-state index < -0.39 is 43.2 Å². The summed E-state index contributed by atoms with van der Waals surface area (Å²) in [4.78, 5) is 3.77. The first-order valence-electron chi connectivity index (χ1n) is 6.57. The average Bonchev–Trinajstić information content (AvgIpc) is 2.81. The van der Waals surface area contributed by atoms with Gasteiger partial charge in [0.05, 0.1) is 5.92 Å². The maximum absolute atomic E-state index is 13.7. The number of rotatable bonds is 1. The maximum Gasteiger partial charge on any atom is 0.392 e. The minimum Gasteiger partial charge on any atom is -0.381 e. The van der Waals surface area contributed by atoms with Gasteiger partial charge in [-0.15, -0.1) is 10.2 Å². The monoisotopic (exact) mass is 321 g/mol. The van der Waals surface area contributed by atoms with Crippen LogP contribution in [0.1, 0.15) is 31.0 Å². The highest BCUT2D eigenvalue weighted by molar-refractivity contribution is 5.58. The number of nitrogens with two attached hydrogens (primary N) is 1. The summed E-state index contributed by atoms with van der Waals surface area (Å²) in [5.41, 5.74) is 5.73. The molecule has 0 bridgehead atoms. The Balaban J connectivity index is 2.00. The lowest BCUT2D eigenvalue weighted by Gasteiger charge is -2.34. The van der Waals surface area contributed by atoms with Gasteiger partial charge in [-0.2, -0.15) is 13.2 Å². The SMILES string of the molecule is Nc1nccn2c(C3CC(C(F)(F)F)CC(F)(F)C3)nnc12. The number of alkyl halides is 5. The van der Waals surface area contributed by atoms with Crippen LogP contribution < -0.4 is 5.73 Å². The molecule has 0 aromatic carbocycles. The number of anilines is 1. The van der Waals surface area contributed by atoms with Crippen LogP contribution >= 0.6 is 0 Å². The highest BCUT2D eigenvalue weighted by Gasteiger charge is 2.52. The Bertz CT molecular complexity index is 695. The summed E-state index contributed by atoms with van der Waals surface area (Å²) in [5, 5.41) is 7.48. The molecule has 5 nitrogen and oxygen atoms in total. The van der Waals surface area contributed by atoms with Crippen LogP contribution in [0.25, 0.3) is 5.65 Å². The maximum atomic E-state index is 13.7. The van der Waals surface area contributed by atoms with Crippen LogP contribution in [0.2, 0.25) is 0 Å². The lowest BCUT2D eigenvalue weighted by Crippen LogP contribution is -2.38. The third kappa shape index (κ3) is 2.57. The van der Waals surface area contributed by atoms with E-state index in [2.05, 4.69) is 15.2 Å². The van der Waals surface area contributed by atoms with Crippen molar-refractivity contribution in [2.75, 3.05) is 5.73 Å². The quantitative estimate of drug-likeness (QED) is 0.820. The first-order valence-corrected chi connectivity index (χ1v) is 6.57. The molecule has 0 spiro atoms. The van der Waals surface area contributed by atoms with E-state index in [1.54, 1.807) is 0 Å². The minimum absolute atomic E-state index is 0.0381. The third-order valence-electron chi connectivity index (χ3n) is 3.87. The van der Waals surface area contributed by atoms with Gasteiger partial charge < -0.3 is 5.73 Å². The van der Waals surface area contributed by atoms with Crippen LogP contribution in [-0.2, 0) is 0 Å². The number of hydrogen-bond donors (Lipinski definition) is 1. The Labute approximate surface area is 121 Å². The molecule has 0 saturated heterocycles. The molecule has 2 atom stereocenters. The first kappa shape index (κ1) is 14.9. The molecule has 2 N–H and O–H groups in total. The zero-order valence-electron chi connectivity index (χ0n) is 11.2. The van der Waals surface area contributed by atoms with Crippen molar-refractivity contribution in [2.24, 2.45) is 5.92 Å². The highest BCUT2D eigenvalue weighted by atomic mass is 19.4. The molecule has 2 aromatic heterocycles. The molecule has 1 saturated carbocycles. The van der Waals surface area contributed by atoms with E-state index in [1.807, 2.05) is 0 Å². The lowest BCUT2D eigenvalue weighted by atomic mass is 9.78. The smallest absolute Gasteiger partial charge is 0.381 e. The zero-order chi connectivity index (χ0) is 16.1. The Morgan fingerprint density at radius 2 is 1.95 bits per heavy atom. The van der Waals surface area contributed by atoms with Crippen molar-refractivity contribution in [3.8, 4) is 0 Å². The van der Waals surface area contributed by atoms with Gasteiger partial charge in [0.25, 0.3) is 0 Å². The fourth-order valence-corrected chi connectivity index (χ4v) is 2.90. The number of hydrogen-bond acceptors (Lipinski definition) is 4. The number of nitrogens with zero attached hydrogens (tertiary/aromatic N) is 4. The second kappa shape index (κ2) is 4.75. The molecule has 0 radical (unpaired) electrons. The van der Waals surface area contributed by atoms with Gasteiger partial charge >= 0.3 is 6.18 Å². The summed E-state index contributed by atoms with van der Waals surface area (Å²) in [7, 11) is 0. The summed E-state index contributed by atoms with van der Waals surface area (Å²) in [6.07, 6.45) is -4.27. The van der Waals surface area contributed by atoms with Gasteiger partial charge in [0.1, 0.15) is 5.82 Å². The molecule has 2 unspecified atom stereocenters. The molecule has 120 valence electrons. The number of fused-ring (bicyclic) bond motifs is 1. The highest BCUT2D eigenvalue weighted by Crippen LogP contribution is 2.49. The normalized spacial score (nSPS) is 25.5. The molecule has 1 fully saturated rings. The fraction of sp³-hybridized carbons (Fsp3) is 0.583. The molecule has 0 amide bonds. The lowest BCUT2D eigenvalue weighted by molar-refractivity contribution is -0.209. The second-order valence-electron chi connectivity index (χ2n) is 5.50. The van der Waals surface area contributed by atoms with E-state index in [0.29, 0.717) is 0 Å². The number of aromatic nitrogens is 4. The van der Waals surface area contributed by atoms with Gasteiger partial charge in [0, 0.05) is 31.2 Å². The van der Waals surface area contributed by atoms with Crippen LogP contribution in [0.3, 0.4) is 0 Å². The molecule has 1 aliphatic carbocycles. The van der Waals surface area contributed by atoms with E-state index in [0.717, 1.165) is 0 Å². The fourth-order valence-electron chi connectivity index (χ4n) is 2.90. The topological polar surface area (TPSA) is 69.1 Å². The Kier molecular flexibility index (Phi) is 3.22. The molecule has 1 aliphatic rings. The van der Waals surface area contributed by atoms with E-state index in [9.17, 15) is 22.0 Å². The molecule has 2 heterocycles. The molecule has 22 heavy (non-hydrogen) atoms. The van der Waals surface area contributed by atoms with Crippen molar-refractivity contribution in [3.05, 3.63) is 18.2 Å². The molecule has 2 aromatic rings. The Morgan fingerprint density at radius 1 is 1.23 bits per heavy atom. The van der Waals surface area contributed by atoms with Gasteiger partial charge in [-0.3, -0.25) is 4.40 Å². The van der Waals surface area contributed by atoms with E-state index in [-0.39, 0.29) is 17.3 Å². The van der Waals surface area contributed by atoms with Gasteiger partial charge in [0.2, 0.25) is 11.6 Å². The van der Waals surface area contributed by atoms with Crippen molar-refractivity contribution >= 4 is 11.5 Å². The predicted molar refractivity (Wildman–Crippen MR) is 66.3 cm³/mol. The van der Waals surface area contributed by atoms with Gasteiger partial charge in [-0.1, -0.05) is 0 Å². The van der Waals surface area contributed by atoms with Crippen molar-refractivity contribution in [3.63, 3.8) is 0 Å². The number of halogens is 5. The summed E-state index contributed by atoms with van der Waals surface area (Å²) in [6, 6.07) is 0. The largest absolute Gasteiger partial charge is 0.392 e.